The first kappa shape index (κ1) is 11.0. The van der Waals surface area contributed by atoms with Crippen molar-refractivity contribution in [2.45, 2.75) is 13.0 Å². The Hall–Kier alpha value is -2.13. The van der Waals surface area contributed by atoms with Gasteiger partial charge < -0.3 is 9.52 Å². The molecule has 1 atom stereocenters. The van der Waals surface area contributed by atoms with Gasteiger partial charge in [0, 0.05) is 22.7 Å². The van der Waals surface area contributed by atoms with Crippen molar-refractivity contribution in [3.63, 3.8) is 0 Å². The fourth-order valence-corrected chi connectivity index (χ4v) is 2.19. The summed E-state index contributed by atoms with van der Waals surface area (Å²) in [7, 11) is 0. The lowest BCUT2D eigenvalue weighted by molar-refractivity contribution is 0.219. The van der Waals surface area contributed by atoms with Crippen molar-refractivity contribution in [2.75, 3.05) is 0 Å². The van der Waals surface area contributed by atoms with Crippen LogP contribution in [0.3, 0.4) is 0 Å². The first-order chi connectivity index (χ1) is 8.77. The lowest BCUT2D eigenvalue weighted by Crippen LogP contribution is -2.01. The third kappa shape index (κ3) is 1.69. The summed E-state index contributed by atoms with van der Waals surface area (Å²) in [6.07, 6.45) is 2.62. The Morgan fingerprint density at radius 2 is 1.94 bits per heavy atom. The summed E-state index contributed by atoms with van der Waals surface area (Å²) in [5, 5.41) is 11.5. The average molecular weight is 239 g/mol. The van der Waals surface area contributed by atoms with Crippen molar-refractivity contribution in [2.24, 2.45) is 0 Å². The van der Waals surface area contributed by atoms with Crippen LogP contribution in [0.1, 0.15) is 23.0 Å². The molecule has 0 aliphatic carbocycles. The van der Waals surface area contributed by atoms with Crippen LogP contribution in [0, 0.1) is 6.92 Å². The van der Waals surface area contributed by atoms with E-state index in [9.17, 15) is 5.11 Å². The summed E-state index contributed by atoms with van der Waals surface area (Å²) in [6, 6.07) is 11.5. The number of aliphatic hydroxyl groups is 1. The van der Waals surface area contributed by atoms with Crippen molar-refractivity contribution in [1.29, 1.82) is 0 Å². The molecule has 0 amide bonds. The van der Waals surface area contributed by atoms with Crippen LogP contribution in [0.25, 0.3) is 10.9 Å². The topological polar surface area (TPSA) is 46.3 Å². The normalized spacial score (nSPS) is 12.8. The van der Waals surface area contributed by atoms with Crippen LogP contribution in [0.4, 0.5) is 0 Å². The maximum Gasteiger partial charge on any atom is 0.110 e. The summed E-state index contributed by atoms with van der Waals surface area (Å²) in [6.45, 7) is 1.84. The van der Waals surface area contributed by atoms with E-state index in [-0.39, 0.29) is 0 Å². The summed E-state index contributed by atoms with van der Waals surface area (Å²) < 4.78 is 5.24. The van der Waals surface area contributed by atoms with Crippen molar-refractivity contribution < 1.29 is 9.52 Å². The molecule has 3 heteroatoms. The molecule has 18 heavy (non-hydrogen) atoms. The highest BCUT2D eigenvalue weighted by molar-refractivity contribution is 5.82. The molecular weight excluding hydrogens is 226 g/mol. The van der Waals surface area contributed by atoms with E-state index in [0.717, 1.165) is 27.8 Å². The predicted molar refractivity (Wildman–Crippen MR) is 69.2 cm³/mol. The molecule has 0 aliphatic rings. The maximum absolute atomic E-state index is 10.5. The molecule has 0 saturated heterocycles. The standard InChI is InChI=1S/C15H13NO2/c1-10-12(7-9-18-10)15(17)13-6-2-4-11-5-3-8-16-14(11)13/h2-9,15,17H,1H3. The molecule has 1 unspecified atom stereocenters. The molecule has 0 radical (unpaired) electrons. The Morgan fingerprint density at radius 1 is 1.11 bits per heavy atom. The van der Waals surface area contributed by atoms with Crippen molar-refractivity contribution in [3.8, 4) is 0 Å². The van der Waals surface area contributed by atoms with E-state index in [0.29, 0.717) is 0 Å². The molecule has 1 N–H and O–H groups in total. The fraction of sp³-hybridized carbons (Fsp3) is 0.133. The number of para-hydroxylation sites is 1. The number of aryl methyl sites for hydroxylation is 1. The lowest BCUT2D eigenvalue weighted by Gasteiger charge is -2.12. The van der Waals surface area contributed by atoms with E-state index in [1.807, 2.05) is 37.3 Å². The number of benzene rings is 1. The monoisotopic (exact) mass is 239 g/mol. The minimum Gasteiger partial charge on any atom is -0.469 e. The van der Waals surface area contributed by atoms with E-state index in [1.165, 1.54) is 0 Å². The van der Waals surface area contributed by atoms with Crippen molar-refractivity contribution in [1.82, 2.24) is 4.98 Å². The number of hydrogen-bond acceptors (Lipinski definition) is 3. The van der Waals surface area contributed by atoms with Gasteiger partial charge in [0.15, 0.2) is 0 Å². The Labute approximate surface area is 105 Å². The highest BCUT2D eigenvalue weighted by atomic mass is 16.3. The fourth-order valence-electron chi connectivity index (χ4n) is 2.19. The highest BCUT2D eigenvalue weighted by Crippen LogP contribution is 2.29. The smallest absolute Gasteiger partial charge is 0.110 e. The van der Waals surface area contributed by atoms with Crippen LogP contribution in [-0.2, 0) is 0 Å². The summed E-state index contributed by atoms with van der Waals surface area (Å²) in [5.74, 6) is 0.732. The number of hydrogen-bond donors (Lipinski definition) is 1. The minimum absolute atomic E-state index is 0.706. The molecule has 0 saturated carbocycles. The zero-order valence-electron chi connectivity index (χ0n) is 10.00. The second kappa shape index (κ2) is 4.27. The van der Waals surface area contributed by atoms with Gasteiger partial charge in [-0.05, 0) is 19.1 Å². The van der Waals surface area contributed by atoms with Gasteiger partial charge >= 0.3 is 0 Å². The Kier molecular flexibility index (Phi) is 2.61. The van der Waals surface area contributed by atoms with Gasteiger partial charge in [-0.1, -0.05) is 24.3 Å². The molecule has 1 aromatic carbocycles. The first-order valence-corrected chi connectivity index (χ1v) is 5.83. The number of nitrogens with zero attached hydrogens (tertiary/aromatic N) is 1. The molecule has 2 heterocycles. The molecule has 90 valence electrons. The number of aromatic nitrogens is 1. The highest BCUT2D eigenvalue weighted by Gasteiger charge is 2.17. The lowest BCUT2D eigenvalue weighted by atomic mass is 9.99. The first-order valence-electron chi connectivity index (χ1n) is 5.83. The summed E-state index contributed by atoms with van der Waals surface area (Å²) in [4.78, 5) is 4.35. The van der Waals surface area contributed by atoms with Crippen LogP contribution in [0.15, 0.2) is 53.3 Å². The van der Waals surface area contributed by atoms with E-state index in [2.05, 4.69) is 4.98 Å². The second-order valence-electron chi connectivity index (χ2n) is 4.26. The molecule has 3 aromatic rings. The second-order valence-corrected chi connectivity index (χ2v) is 4.26. The number of pyridine rings is 1. The van der Waals surface area contributed by atoms with Gasteiger partial charge in [0.25, 0.3) is 0 Å². The molecule has 3 rings (SSSR count). The molecule has 0 fully saturated rings. The van der Waals surface area contributed by atoms with Gasteiger partial charge in [0.1, 0.15) is 11.9 Å². The Balaban J connectivity index is 2.18. The van der Waals surface area contributed by atoms with Crippen LogP contribution in [0.5, 0.6) is 0 Å². The van der Waals surface area contributed by atoms with Gasteiger partial charge in [-0.15, -0.1) is 0 Å². The Morgan fingerprint density at radius 3 is 2.72 bits per heavy atom. The molecule has 2 aromatic heterocycles. The average Bonchev–Trinajstić information content (AvgIpc) is 2.83. The van der Waals surface area contributed by atoms with Crippen LogP contribution in [0.2, 0.25) is 0 Å². The van der Waals surface area contributed by atoms with Crippen molar-refractivity contribution >= 4 is 10.9 Å². The molecule has 0 bridgehead atoms. The number of rotatable bonds is 2. The van der Waals surface area contributed by atoms with Gasteiger partial charge in [-0.25, -0.2) is 0 Å². The molecule has 0 spiro atoms. The number of fused-ring (bicyclic) bond motifs is 1. The predicted octanol–water partition coefficient (Wildman–Crippen LogP) is 3.22. The van der Waals surface area contributed by atoms with Gasteiger partial charge in [-0.2, -0.15) is 0 Å². The van der Waals surface area contributed by atoms with E-state index in [1.54, 1.807) is 18.5 Å². The maximum atomic E-state index is 10.5. The van der Waals surface area contributed by atoms with Crippen LogP contribution in [-0.4, -0.2) is 10.1 Å². The minimum atomic E-state index is -0.706. The van der Waals surface area contributed by atoms with Crippen molar-refractivity contribution in [3.05, 3.63) is 65.7 Å². The largest absolute Gasteiger partial charge is 0.469 e. The SMILES string of the molecule is Cc1occc1C(O)c1cccc2cccnc12. The van der Waals surface area contributed by atoms with Gasteiger partial charge in [0.05, 0.1) is 11.8 Å². The van der Waals surface area contributed by atoms with Gasteiger partial charge in [0.2, 0.25) is 0 Å². The van der Waals surface area contributed by atoms with Crippen LogP contribution < -0.4 is 0 Å². The zero-order valence-corrected chi connectivity index (χ0v) is 10.00. The Bertz CT molecular complexity index is 682. The quantitative estimate of drug-likeness (QED) is 0.746. The summed E-state index contributed by atoms with van der Waals surface area (Å²) in [5.41, 5.74) is 2.42. The number of aliphatic hydroxyl groups excluding tert-OH is 1. The van der Waals surface area contributed by atoms with E-state index >= 15 is 0 Å². The molecule has 0 aliphatic heterocycles. The molecule has 3 nitrogen and oxygen atoms in total. The zero-order chi connectivity index (χ0) is 12.5. The molecular formula is C15H13NO2. The number of furan rings is 1. The van der Waals surface area contributed by atoms with E-state index < -0.39 is 6.10 Å². The summed E-state index contributed by atoms with van der Waals surface area (Å²) >= 11 is 0. The van der Waals surface area contributed by atoms with E-state index in [4.69, 9.17) is 4.42 Å². The van der Waals surface area contributed by atoms with Gasteiger partial charge in [-0.3, -0.25) is 4.98 Å². The van der Waals surface area contributed by atoms with Crippen LogP contribution >= 0.6 is 0 Å². The third-order valence-corrected chi connectivity index (χ3v) is 3.15. The third-order valence-electron chi connectivity index (χ3n) is 3.15.